The lowest BCUT2D eigenvalue weighted by atomic mass is 9.93. The molecule has 34 heavy (non-hydrogen) atoms. The summed E-state index contributed by atoms with van der Waals surface area (Å²) in [6.45, 7) is 3.68. The average molecular weight is 481 g/mol. The maximum absolute atomic E-state index is 13.9. The van der Waals surface area contributed by atoms with Gasteiger partial charge in [-0.1, -0.05) is 17.7 Å². The highest BCUT2D eigenvalue weighted by Gasteiger charge is 2.27. The van der Waals surface area contributed by atoms with Gasteiger partial charge in [-0.25, -0.2) is 12.8 Å². The largest absolute Gasteiger partial charge is 0.497 e. The number of carbonyl (C=O) groups is 1. The molecule has 176 valence electrons. The third-order valence-electron chi connectivity index (χ3n) is 5.76. The third-order valence-corrected chi connectivity index (χ3v) is 6.85. The third kappa shape index (κ3) is 4.68. The van der Waals surface area contributed by atoms with Crippen LogP contribution in [-0.4, -0.2) is 32.6 Å². The lowest BCUT2D eigenvalue weighted by Crippen LogP contribution is -2.22. The van der Waals surface area contributed by atoms with E-state index in [0.717, 1.165) is 22.7 Å². The molecule has 0 saturated carbocycles. The summed E-state index contributed by atoms with van der Waals surface area (Å²) in [5.41, 5.74) is 3.87. The van der Waals surface area contributed by atoms with Crippen molar-refractivity contribution in [3.05, 3.63) is 88.9 Å². The number of aryl methyl sites for hydroxylation is 2. The van der Waals surface area contributed by atoms with Gasteiger partial charge in [-0.15, -0.1) is 0 Å². The highest BCUT2D eigenvalue weighted by atomic mass is 32.2. The van der Waals surface area contributed by atoms with E-state index in [1.54, 1.807) is 25.3 Å². The Morgan fingerprint density at radius 1 is 1.06 bits per heavy atom. The maximum Gasteiger partial charge on any atom is 0.191 e. The number of anilines is 1. The number of hydrogen-bond acceptors (Lipinski definition) is 5. The van der Waals surface area contributed by atoms with Gasteiger partial charge >= 0.3 is 0 Å². The van der Waals surface area contributed by atoms with Crippen molar-refractivity contribution in [2.45, 2.75) is 24.8 Å². The number of ether oxygens (including phenoxy) is 1. The van der Waals surface area contributed by atoms with Gasteiger partial charge < -0.3 is 15.0 Å². The summed E-state index contributed by atoms with van der Waals surface area (Å²) in [7, 11) is -2.09. The Balaban J connectivity index is 1.86. The predicted molar refractivity (Wildman–Crippen MR) is 131 cm³/mol. The molecule has 1 unspecified atom stereocenters. The van der Waals surface area contributed by atoms with Gasteiger partial charge in [0.1, 0.15) is 17.6 Å². The first-order chi connectivity index (χ1) is 16.1. The molecule has 2 N–H and O–H groups in total. The first kappa shape index (κ1) is 23.5. The number of benzene rings is 3. The van der Waals surface area contributed by atoms with E-state index in [1.165, 1.54) is 31.4 Å². The van der Waals surface area contributed by atoms with Crippen molar-refractivity contribution in [1.82, 2.24) is 4.98 Å². The number of sulfone groups is 1. The van der Waals surface area contributed by atoms with Gasteiger partial charge in [-0.05, 0) is 61.4 Å². The van der Waals surface area contributed by atoms with Gasteiger partial charge in [0.05, 0.1) is 12.0 Å². The molecule has 1 aromatic heterocycles. The van der Waals surface area contributed by atoms with Crippen LogP contribution in [0, 0.1) is 19.7 Å². The Morgan fingerprint density at radius 3 is 2.50 bits per heavy atom. The number of aromatic nitrogens is 1. The highest BCUT2D eigenvalue weighted by Crippen LogP contribution is 2.32. The summed E-state index contributed by atoms with van der Waals surface area (Å²) in [4.78, 5) is 17.1. The van der Waals surface area contributed by atoms with E-state index in [0.29, 0.717) is 28.1 Å². The van der Waals surface area contributed by atoms with Gasteiger partial charge in [0.2, 0.25) is 0 Å². The van der Waals surface area contributed by atoms with Crippen LogP contribution >= 0.6 is 0 Å². The van der Waals surface area contributed by atoms with Gasteiger partial charge in [0.15, 0.2) is 15.6 Å². The van der Waals surface area contributed by atoms with Crippen LogP contribution in [-0.2, 0) is 9.84 Å². The number of carbonyl (C=O) groups excluding carboxylic acids is 1. The number of halogens is 1. The van der Waals surface area contributed by atoms with E-state index in [9.17, 15) is 17.6 Å². The fourth-order valence-electron chi connectivity index (χ4n) is 4.00. The van der Waals surface area contributed by atoms with E-state index in [2.05, 4.69) is 10.3 Å². The van der Waals surface area contributed by atoms with Gasteiger partial charge in [0, 0.05) is 40.7 Å². The van der Waals surface area contributed by atoms with Crippen molar-refractivity contribution in [3.8, 4) is 5.75 Å². The minimum atomic E-state index is -3.53. The number of rotatable bonds is 7. The van der Waals surface area contributed by atoms with Crippen LogP contribution in [0.5, 0.6) is 5.75 Å². The molecular formula is C26H25FN2O4S. The van der Waals surface area contributed by atoms with Gasteiger partial charge in [-0.2, -0.15) is 0 Å². The fourth-order valence-corrected chi connectivity index (χ4v) is 4.67. The van der Waals surface area contributed by atoms with Crippen LogP contribution in [0.4, 0.5) is 10.1 Å². The summed E-state index contributed by atoms with van der Waals surface area (Å²) >= 11 is 0. The lowest BCUT2D eigenvalue weighted by Gasteiger charge is -2.22. The van der Waals surface area contributed by atoms with E-state index in [1.807, 2.05) is 25.1 Å². The molecule has 0 fully saturated rings. The zero-order valence-electron chi connectivity index (χ0n) is 19.3. The molecule has 0 aliphatic carbocycles. The summed E-state index contributed by atoms with van der Waals surface area (Å²) in [6, 6.07) is 13.6. The van der Waals surface area contributed by atoms with E-state index >= 15 is 0 Å². The molecule has 0 saturated heterocycles. The number of aromatic amines is 1. The number of nitrogens with one attached hydrogen (secondary N) is 2. The molecule has 0 amide bonds. The Hall–Kier alpha value is -3.65. The smallest absolute Gasteiger partial charge is 0.191 e. The monoisotopic (exact) mass is 480 g/mol. The molecule has 3 aromatic carbocycles. The quantitative estimate of drug-likeness (QED) is 0.347. The lowest BCUT2D eigenvalue weighted by molar-refractivity contribution is 0.0971. The van der Waals surface area contributed by atoms with Crippen LogP contribution in [0.25, 0.3) is 10.9 Å². The predicted octanol–water partition coefficient (Wildman–Crippen LogP) is 5.37. The van der Waals surface area contributed by atoms with Crippen molar-refractivity contribution in [2.24, 2.45) is 0 Å². The molecule has 4 rings (SSSR count). The standard InChI is InChI=1S/C26H25FN2O4S/c1-15-5-8-24-22(9-15)23(14-28-24)26(30)25(21-7-6-17(27)10-16(21)2)29-18-11-19(33-3)13-20(12-18)34(4,31)32/h5-14,25,28-29H,1-4H3. The van der Waals surface area contributed by atoms with E-state index < -0.39 is 21.7 Å². The van der Waals surface area contributed by atoms with Crippen molar-refractivity contribution in [3.63, 3.8) is 0 Å². The summed E-state index contributed by atoms with van der Waals surface area (Å²) < 4.78 is 43.5. The van der Waals surface area contributed by atoms with Crippen LogP contribution < -0.4 is 10.1 Å². The average Bonchev–Trinajstić information content (AvgIpc) is 3.19. The van der Waals surface area contributed by atoms with Gasteiger partial charge in [0.25, 0.3) is 0 Å². The van der Waals surface area contributed by atoms with E-state index in [-0.39, 0.29) is 10.7 Å². The minimum Gasteiger partial charge on any atom is -0.497 e. The number of methoxy groups -OCH3 is 1. The summed E-state index contributed by atoms with van der Waals surface area (Å²) in [5, 5.41) is 3.96. The molecule has 0 spiro atoms. The van der Waals surface area contributed by atoms with Crippen molar-refractivity contribution in [2.75, 3.05) is 18.7 Å². The van der Waals surface area contributed by atoms with Crippen LogP contribution in [0.1, 0.15) is 33.1 Å². The summed E-state index contributed by atoms with van der Waals surface area (Å²) in [6.07, 6.45) is 2.76. The summed E-state index contributed by atoms with van der Waals surface area (Å²) in [5.74, 6) is -0.318. The number of Topliss-reactive ketones (excluding diaryl/α,β-unsaturated/α-hetero) is 1. The molecule has 8 heteroatoms. The minimum absolute atomic E-state index is 0.0547. The molecule has 6 nitrogen and oxygen atoms in total. The molecule has 0 aliphatic heterocycles. The van der Waals surface area contributed by atoms with Crippen molar-refractivity contribution < 1.29 is 22.3 Å². The Bertz CT molecular complexity index is 1510. The molecule has 1 atom stereocenters. The SMILES string of the molecule is COc1cc(NC(C(=O)c2c[nH]c3ccc(C)cc23)c2ccc(F)cc2C)cc(S(C)(=O)=O)c1. The Labute approximate surface area is 197 Å². The molecule has 0 bridgehead atoms. The number of H-pyrrole nitrogens is 1. The second-order valence-corrected chi connectivity index (χ2v) is 10.4. The molecular weight excluding hydrogens is 455 g/mol. The molecule has 0 radical (unpaired) electrons. The number of ketones is 1. The zero-order valence-corrected chi connectivity index (χ0v) is 20.1. The highest BCUT2D eigenvalue weighted by molar-refractivity contribution is 7.90. The first-order valence-electron chi connectivity index (χ1n) is 10.6. The maximum atomic E-state index is 13.9. The normalized spacial score (nSPS) is 12.5. The number of hydrogen-bond donors (Lipinski definition) is 2. The second kappa shape index (κ2) is 8.95. The van der Waals surface area contributed by atoms with Crippen LogP contribution in [0.15, 0.2) is 65.7 Å². The number of fused-ring (bicyclic) bond motifs is 1. The first-order valence-corrected chi connectivity index (χ1v) is 12.5. The second-order valence-electron chi connectivity index (χ2n) is 8.36. The van der Waals surface area contributed by atoms with Crippen LogP contribution in [0.2, 0.25) is 0 Å². The van der Waals surface area contributed by atoms with Crippen LogP contribution in [0.3, 0.4) is 0 Å². The van der Waals surface area contributed by atoms with Gasteiger partial charge in [-0.3, -0.25) is 4.79 Å². The molecule has 1 heterocycles. The van der Waals surface area contributed by atoms with Crippen molar-refractivity contribution >= 4 is 32.2 Å². The Morgan fingerprint density at radius 2 is 1.82 bits per heavy atom. The van der Waals surface area contributed by atoms with E-state index in [4.69, 9.17) is 4.74 Å². The topological polar surface area (TPSA) is 88.3 Å². The molecule has 4 aromatic rings. The fraction of sp³-hybridized carbons (Fsp3) is 0.192. The van der Waals surface area contributed by atoms with Crippen molar-refractivity contribution in [1.29, 1.82) is 0 Å². The molecule has 0 aliphatic rings. The zero-order chi connectivity index (χ0) is 24.6. The Kier molecular flexibility index (Phi) is 6.18.